The third-order valence-corrected chi connectivity index (χ3v) is 4.61. The Morgan fingerprint density at radius 2 is 1.96 bits per heavy atom. The number of aliphatic imine (C=N–C) groups is 1. The van der Waals surface area contributed by atoms with Crippen LogP contribution in [0.5, 0.6) is 0 Å². The van der Waals surface area contributed by atoms with Crippen LogP contribution in [0.3, 0.4) is 0 Å². The van der Waals surface area contributed by atoms with Gasteiger partial charge in [-0.25, -0.2) is 9.38 Å². The number of guanidine groups is 1. The van der Waals surface area contributed by atoms with Gasteiger partial charge in [0.15, 0.2) is 5.92 Å². The maximum atomic E-state index is 13.3. The molecular weight excluding hydrogens is 355 g/mol. The molecule has 1 N–H and O–H groups in total. The van der Waals surface area contributed by atoms with Crippen molar-refractivity contribution in [3.63, 3.8) is 0 Å². The molecule has 27 heavy (non-hydrogen) atoms. The highest BCUT2D eigenvalue weighted by Crippen LogP contribution is 2.31. The second-order valence-electron chi connectivity index (χ2n) is 6.30. The number of halogens is 1. The first-order valence-electron chi connectivity index (χ1n) is 8.78. The van der Waals surface area contributed by atoms with E-state index in [1.165, 1.54) is 24.3 Å². The van der Waals surface area contributed by atoms with Crippen LogP contribution in [0.1, 0.15) is 18.5 Å². The van der Waals surface area contributed by atoms with E-state index >= 15 is 0 Å². The highest BCUT2D eigenvalue weighted by Gasteiger charge is 2.42. The van der Waals surface area contributed by atoms with E-state index in [4.69, 9.17) is 4.74 Å². The Kier molecular flexibility index (Phi) is 5.68. The minimum absolute atomic E-state index is 0.142. The van der Waals surface area contributed by atoms with Crippen molar-refractivity contribution in [3.05, 3.63) is 35.6 Å². The summed E-state index contributed by atoms with van der Waals surface area (Å²) in [6.07, 6.45) is 0.788. The summed E-state index contributed by atoms with van der Waals surface area (Å²) in [4.78, 5) is 43.9. The summed E-state index contributed by atoms with van der Waals surface area (Å²) in [7, 11) is 0. The van der Waals surface area contributed by atoms with Gasteiger partial charge in [0.25, 0.3) is 0 Å². The lowest BCUT2D eigenvalue weighted by atomic mass is 9.91. The Morgan fingerprint density at radius 3 is 2.56 bits per heavy atom. The van der Waals surface area contributed by atoms with Crippen molar-refractivity contribution in [2.75, 3.05) is 32.8 Å². The van der Waals surface area contributed by atoms with Crippen LogP contribution in [-0.2, 0) is 19.1 Å². The molecule has 0 spiro atoms. The molecule has 144 valence electrons. The summed E-state index contributed by atoms with van der Waals surface area (Å²) in [5.74, 6) is -2.39. The van der Waals surface area contributed by atoms with Crippen molar-refractivity contribution in [1.29, 1.82) is 0 Å². The van der Waals surface area contributed by atoms with Gasteiger partial charge < -0.3 is 14.5 Å². The Hall–Kier alpha value is -2.97. The molecule has 0 bridgehead atoms. The number of hydrogen-bond donors (Lipinski definition) is 1. The van der Waals surface area contributed by atoms with Gasteiger partial charge in [-0.05, 0) is 24.6 Å². The van der Waals surface area contributed by atoms with E-state index in [2.05, 4.69) is 10.3 Å². The fourth-order valence-corrected chi connectivity index (χ4v) is 3.16. The topological polar surface area (TPSA) is 91.3 Å². The average molecular weight is 376 g/mol. The predicted molar refractivity (Wildman–Crippen MR) is 94.1 cm³/mol. The fraction of sp³-hybridized carbons (Fsp3) is 0.444. The molecule has 9 heteroatoms. The van der Waals surface area contributed by atoms with E-state index in [0.717, 1.165) is 6.41 Å². The van der Waals surface area contributed by atoms with Crippen LogP contribution in [0.4, 0.5) is 4.39 Å². The van der Waals surface area contributed by atoms with Crippen molar-refractivity contribution >= 4 is 24.2 Å². The molecule has 1 aromatic rings. The molecule has 0 unspecified atom stereocenters. The number of ether oxygens (including phenoxy) is 1. The standard InChI is InChI=1S/C18H21FN4O4/c1-2-27-17(26)14-15(12-3-5-13(19)6-4-12)20-18(21-16(14)25)23-9-7-22(11-24)8-10-23/h3-6,11,14-15H,2,7-10H2,1H3,(H,20,21,25)/t14-,15-/m0/s1. The summed E-state index contributed by atoms with van der Waals surface area (Å²) < 4.78 is 18.3. The Labute approximate surface area is 156 Å². The third-order valence-electron chi connectivity index (χ3n) is 4.61. The lowest BCUT2D eigenvalue weighted by Gasteiger charge is -2.37. The van der Waals surface area contributed by atoms with Gasteiger partial charge in [-0.1, -0.05) is 12.1 Å². The Balaban J connectivity index is 1.91. The molecule has 3 rings (SSSR count). The van der Waals surface area contributed by atoms with Crippen molar-refractivity contribution in [3.8, 4) is 0 Å². The number of benzene rings is 1. The summed E-state index contributed by atoms with van der Waals surface area (Å²) >= 11 is 0. The first-order valence-corrected chi connectivity index (χ1v) is 8.78. The van der Waals surface area contributed by atoms with E-state index in [-0.39, 0.29) is 6.61 Å². The number of amides is 2. The van der Waals surface area contributed by atoms with Crippen molar-refractivity contribution < 1.29 is 23.5 Å². The van der Waals surface area contributed by atoms with Gasteiger partial charge in [0, 0.05) is 26.2 Å². The molecule has 2 aliphatic heterocycles. The smallest absolute Gasteiger partial charge is 0.321 e. The Bertz CT molecular complexity index is 744. The van der Waals surface area contributed by atoms with Crippen molar-refractivity contribution in [2.45, 2.75) is 13.0 Å². The van der Waals surface area contributed by atoms with Crippen molar-refractivity contribution in [2.24, 2.45) is 10.9 Å². The van der Waals surface area contributed by atoms with E-state index in [1.54, 1.807) is 11.8 Å². The summed E-state index contributed by atoms with van der Waals surface area (Å²) in [5.41, 5.74) is 0.549. The molecule has 2 heterocycles. The molecule has 2 aliphatic rings. The van der Waals surface area contributed by atoms with Gasteiger partial charge >= 0.3 is 5.97 Å². The lowest BCUT2D eigenvalue weighted by Crippen LogP contribution is -2.57. The molecule has 2 amide bonds. The number of carbonyl (C=O) groups is 3. The normalized spacial score (nSPS) is 22.7. The number of piperazine rings is 1. The first kappa shape index (κ1) is 18.8. The quantitative estimate of drug-likeness (QED) is 0.464. The molecule has 2 atom stereocenters. The number of rotatable bonds is 4. The van der Waals surface area contributed by atoms with Gasteiger partial charge in [-0.2, -0.15) is 0 Å². The summed E-state index contributed by atoms with van der Waals surface area (Å²) in [6, 6.07) is 4.74. The number of nitrogens with one attached hydrogen (secondary N) is 1. The summed E-state index contributed by atoms with van der Waals surface area (Å²) in [6.45, 7) is 3.85. The highest BCUT2D eigenvalue weighted by atomic mass is 19.1. The molecule has 8 nitrogen and oxygen atoms in total. The number of esters is 1. The monoisotopic (exact) mass is 376 g/mol. The second-order valence-corrected chi connectivity index (χ2v) is 6.30. The largest absolute Gasteiger partial charge is 0.465 e. The first-order chi connectivity index (χ1) is 13.0. The van der Waals surface area contributed by atoms with E-state index < -0.39 is 29.7 Å². The SMILES string of the molecule is CCOC(=O)[C@@H]1C(=O)NC(N2CCN(C=O)CC2)=N[C@H]1c1ccc(F)cc1. The van der Waals surface area contributed by atoms with Gasteiger partial charge in [0.2, 0.25) is 18.3 Å². The highest BCUT2D eigenvalue weighted by molar-refractivity contribution is 6.08. The van der Waals surface area contributed by atoms with Crippen LogP contribution in [0.2, 0.25) is 0 Å². The fourth-order valence-electron chi connectivity index (χ4n) is 3.16. The lowest BCUT2D eigenvalue weighted by molar-refractivity contribution is -0.153. The number of carbonyl (C=O) groups excluding carboxylic acids is 3. The Morgan fingerprint density at radius 1 is 1.30 bits per heavy atom. The minimum Gasteiger partial charge on any atom is -0.465 e. The van der Waals surface area contributed by atoms with Gasteiger partial charge in [0.1, 0.15) is 11.9 Å². The molecule has 1 saturated heterocycles. The van der Waals surface area contributed by atoms with Crippen LogP contribution >= 0.6 is 0 Å². The summed E-state index contributed by atoms with van der Waals surface area (Å²) in [5, 5.41) is 2.67. The van der Waals surface area contributed by atoms with Crippen LogP contribution < -0.4 is 5.32 Å². The van der Waals surface area contributed by atoms with Crippen LogP contribution in [0.25, 0.3) is 0 Å². The maximum Gasteiger partial charge on any atom is 0.321 e. The van der Waals surface area contributed by atoms with Gasteiger partial charge in [-0.15, -0.1) is 0 Å². The molecular formula is C18H21FN4O4. The van der Waals surface area contributed by atoms with Gasteiger partial charge in [0.05, 0.1) is 6.61 Å². The maximum absolute atomic E-state index is 13.3. The van der Waals surface area contributed by atoms with E-state index in [0.29, 0.717) is 37.7 Å². The van der Waals surface area contributed by atoms with Crippen LogP contribution in [-0.4, -0.2) is 66.8 Å². The molecule has 1 fully saturated rings. The number of nitrogens with zero attached hydrogens (tertiary/aromatic N) is 3. The average Bonchev–Trinajstić information content (AvgIpc) is 2.68. The zero-order valence-electron chi connectivity index (χ0n) is 14.9. The molecule has 0 aromatic heterocycles. The third kappa shape index (κ3) is 4.07. The second kappa shape index (κ2) is 8.15. The zero-order chi connectivity index (χ0) is 19.4. The molecule has 0 aliphatic carbocycles. The molecule has 1 aromatic carbocycles. The molecule has 0 radical (unpaired) electrons. The van der Waals surface area contributed by atoms with E-state index in [1.807, 2.05) is 4.90 Å². The predicted octanol–water partition coefficient (Wildman–Crippen LogP) is 0.306. The minimum atomic E-state index is -1.14. The number of hydrogen-bond acceptors (Lipinski definition) is 6. The van der Waals surface area contributed by atoms with Crippen LogP contribution in [0.15, 0.2) is 29.3 Å². The van der Waals surface area contributed by atoms with Crippen LogP contribution in [0, 0.1) is 11.7 Å². The van der Waals surface area contributed by atoms with Crippen molar-refractivity contribution in [1.82, 2.24) is 15.1 Å². The van der Waals surface area contributed by atoms with E-state index in [9.17, 15) is 18.8 Å². The molecule has 0 saturated carbocycles. The zero-order valence-corrected chi connectivity index (χ0v) is 14.9. The van der Waals surface area contributed by atoms with Gasteiger partial charge in [-0.3, -0.25) is 19.7 Å².